The van der Waals surface area contributed by atoms with E-state index in [1.807, 2.05) is 0 Å². The Labute approximate surface area is 137 Å². The second kappa shape index (κ2) is 8.30. The van der Waals surface area contributed by atoms with E-state index in [2.05, 4.69) is 9.05 Å². The van der Waals surface area contributed by atoms with Crippen LogP contribution in [-0.4, -0.2) is 24.8 Å². The normalized spacial score (nSPS) is 11.0. The quantitative estimate of drug-likeness (QED) is 0.325. The molecule has 0 fully saturated rings. The topological polar surface area (TPSA) is 119 Å². The molecule has 0 bridgehead atoms. The predicted octanol–water partition coefficient (Wildman–Crippen LogP) is -1.56. The van der Waals surface area contributed by atoms with Crippen LogP contribution in [0.4, 0.5) is 0 Å². The molecule has 0 aliphatic heterocycles. The summed E-state index contributed by atoms with van der Waals surface area (Å²) in [6.07, 6.45) is 2.53. The Morgan fingerprint density at radius 2 is 1.41 bits per heavy atom. The third-order valence-corrected chi connectivity index (χ3v) is 3.19. The van der Waals surface area contributed by atoms with Gasteiger partial charge in [0.25, 0.3) is 7.82 Å². The first-order chi connectivity index (χ1) is 9.98. The molecule has 10 heteroatoms. The SMILES string of the molecule is O=C(COP(=O)([O-])OCC(=O)c1ccco1)c1ccco1.[Li+]. The fourth-order valence-corrected chi connectivity index (χ4v) is 1.95. The maximum Gasteiger partial charge on any atom is 1.00 e. The molecule has 112 valence electrons. The van der Waals surface area contributed by atoms with Crippen molar-refractivity contribution < 1.29 is 55.8 Å². The number of hydrogen-bond donors (Lipinski definition) is 0. The van der Waals surface area contributed by atoms with Crippen LogP contribution in [0, 0.1) is 0 Å². The van der Waals surface area contributed by atoms with Gasteiger partial charge >= 0.3 is 18.9 Å². The van der Waals surface area contributed by atoms with Crippen molar-refractivity contribution in [2.75, 3.05) is 13.2 Å². The number of phosphoric acid groups is 1. The van der Waals surface area contributed by atoms with E-state index in [1.54, 1.807) is 0 Å². The zero-order valence-electron chi connectivity index (χ0n) is 11.6. The van der Waals surface area contributed by atoms with Crippen LogP contribution in [0.15, 0.2) is 45.6 Å². The van der Waals surface area contributed by atoms with Gasteiger partial charge in [-0.1, -0.05) is 0 Å². The number of phosphoric ester groups is 1. The van der Waals surface area contributed by atoms with E-state index in [0.29, 0.717) is 0 Å². The molecule has 0 spiro atoms. The van der Waals surface area contributed by atoms with Gasteiger partial charge in [0, 0.05) is 0 Å². The van der Waals surface area contributed by atoms with Gasteiger partial charge in [0.1, 0.15) is 13.2 Å². The summed E-state index contributed by atoms with van der Waals surface area (Å²) in [6, 6.07) is 5.68. The predicted molar refractivity (Wildman–Crippen MR) is 65.6 cm³/mol. The number of hydrogen-bond acceptors (Lipinski definition) is 8. The molecule has 0 unspecified atom stereocenters. The Hall–Kier alpha value is -1.39. The molecule has 0 aliphatic rings. The number of Topliss-reactive ketones (excluding diaryl/α,β-unsaturated/α-hetero) is 2. The molecule has 2 heterocycles. The summed E-state index contributed by atoms with van der Waals surface area (Å²) in [5, 5.41) is 0. The van der Waals surface area contributed by atoms with E-state index in [9.17, 15) is 19.0 Å². The first-order valence-corrected chi connectivity index (χ1v) is 7.17. The Morgan fingerprint density at radius 1 is 1.00 bits per heavy atom. The van der Waals surface area contributed by atoms with Crippen molar-refractivity contribution in [1.82, 2.24) is 0 Å². The van der Waals surface area contributed by atoms with Gasteiger partial charge in [-0.05, 0) is 24.3 Å². The fraction of sp³-hybridized carbons (Fsp3) is 0.167. The van der Waals surface area contributed by atoms with Crippen LogP contribution in [0.25, 0.3) is 0 Å². The second-order valence-corrected chi connectivity index (χ2v) is 5.21. The van der Waals surface area contributed by atoms with Gasteiger partial charge in [0.05, 0.1) is 12.5 Å². The van der Waals surface area contributed by atoms with Crippen LogP contribution in [0.5, 0.6) is 0 Å². The van der Waals surface area contributed by atoms with E-state index in [4.69, 9.17) is 8.83 Å². The summed E-state index contributed by atoms with van der Waals surface area (Å²) in [5.41, 5.74) is 0. The Kier molecular flexibility index (Phi) is 7.03. The first-order valence-electron chi connectivity index (χ1n) is 5.71. The van der Waals surface area contributed by atoms with Gasteiger partial charge in [-0.3, -0.25) is 14.2 Å². The van der Waals surface area contributed by atoms with Crippen molar-refractivity contribution in [1.29, 1.82) is 0 Å². The summed E-state index contributed by atoms with van der Waals surface area (Å²) >= 11 is 0. The van der Waals surface area contributed by atoms with Crippen LogP contribution in [0.3, 0.4) is 0 Å². The number of furan rings is 2. The molecule has 22 heavy (non-hydrogen) atoms. The van der Waals surface area contributed by atoms with Crippen LogP contribution in [0.2, 0.25) is 0 Å². The first kappa shape index (κ1) is 18.7. The van der Waals surface area contributed by atoms with E-state index < -0.39 is 32.6 Å². The maximum absolute atomic E-state index is 11.5. The fourth-order valence-electron chi connectivity index (χ4n) is 1.33. The maximum atomic E-state index is 11.5. The van der Waals surface area contributed by atoms with Crippen LogP contribution >= 0.6 is 7.82 Å². The summed E-state index contributed by atoms with van der Waals surface area (Å²) in [7, 11) is -4.78. The summed E-state index contributed by atoms with van der Waals surface area (Å²) in [4.78, 5) is 34.3. The van der Waals surface area contributed by atoms with E-state index in [0.717, 1.165) is 0 Å². The van der Waals surface area contributed by atoms with Gasteiger partial charge in [-0.25, -0.2) is 0 Å². The van der Waals surface area contributed by atoms with Gasteiger partial charge in [-0.2, -0.15) is 0 Å². The number of rotatable bonds is 8. The Balaban J connectivity index is 0.00000242. The van der Waals surface area contributed by atoms with E-state index in [1.165, 1.54) is 36.8 Å². The van der Waals surface area contributed by atoms with E-state index in [-0.39, 0.29) is 30.4 Å². The molecule has 0 saturated carbocycles. The number of ketones is 2. The molecule has 0 saturated heterocycles. The molecule has 0 N–H and O–H groups in total. The molecule has 8 nitrogen and oxygen atoms in total. The standard InChI is InChI=1S/C12H11O8P.Li/c13-9(11-3-1-5-17-11)7-19-21(15,16)20-8-10(14)12-4-2-6-18-12;/h1-6H,7-8H2,(H,15,16);/q;+1/p-1. The third kappa shape index (κ3) is 5.43. The molecule has 2 rings (SSSR count). The van der Waals surface area contributed by atoms with Crippen molar-refractivity contribution in [3.8, 4) is 0 Å². The zero-order valence-corrected chi connectivity index (χ0v) is 12.5. The van der Waals surface area contributed by atoms with Gasteiger partial charge in [-0.15, -0.1) is 0 Å². The summed E-state index contributed by atoms with van der Waals surface area (Å²) in [6.45, 7) is -1.55. The average Bonchev–Trinajstić information content (AvgIpc) is 3.14. The van der Waals surface area contributed by atoms with Crippen LogP contribution < -0.4 is 23.8 Å². The molecule has 0 amide bonds. The van der Waals surface area contributed by atoms with Crippen molar-refractivity contribution in [3.05, 3.63) is 48.3 Å². The van der Waals surface area contributed by atoms with Gasteiger partial charge in [0.2, 0.25) is 11.6 Å². The molecule has 0 atom stereocenters. The molecule has 0 aliphatic carbocycles. The minimum atomic E-state index is -4.78. The molecule has 2 aromatic heterocycles. The molecule has 0 aromatic carbocycles. The van der Waals surface area contributed by atoms with Crippen LogP contribution in [-0.2, 0) is 13.6 Å². The van der Waals surface area contributed by atoms with Gasteiger partial charge in [0.15, 0.2) is 11.5 Å². The van der Waals surface area contributed by atoms with Crippen molar-refractivity contribution in [2.24, 2.45) is 0 Å². The average molecular weight is 320 g/mol. The largest absolute Gasteiger partial charge is 1.00 e. The third-order valence-electron chi connectivity index (χ3n) is 2.30. The number of carbonyl (C=O) groups is 2. The molecule has 0 radical (unpaired) electrons. The summed E-state index contributed by atoms with van der Waals surface area (Å²) < 4.78 is 29.7. The van der Waals surface area contributed by atoms with Crippen molar-refractivity contribution in [3.63, 3.8) is 0 Å². The Morgan fingerprint density at radius 3 is 1.73 bits per heavy atom. The zero-order chi connectivity index (χ0) is 15.3. The van der Waals surface area contributed by atoms with E-state index >= 15 is 0 Å². The molecule has 2 aromatic rings. The van der Waals surface area contributed by atoms with Crippen LogP contribution in [0.1, 0.15) is 21.1 Å². The minimum absolute atomic E-state index is 0. The second-order valence-electron chi connectivity index (χ2n) is 3.80. The molecular weight excluding hydrogens is 310 g/mol. The van der Waals surface area contributed by atoms with Gasteiger partial charge < -0.3 is 22.8 Å². The summed E-state index contributed by atoms with van der Waals surface area (Å²) in [5.74, 6) is -1.42. The monoisotopic (exact) mass is 320 g/mol. The molecular formula is C12H10LiO8P. The Bertz CT molecular complexity index is 594. The smallest absolute Gasteiger partial charge is 0.756 e. The van der Waals surface area contributed by atoms with Crippen molar-refractivity contribution in [2.45, 2.75) is 0 Å². The minimum Gasteiger partial charge on any atom is -0.756 e. The van der Waals surface area contributed by atoms with Crippen molar-refractivity contribution >= 4 is 19.4 Å². The number of carbonyl (C=O) groups excluding carboxylic acids is 2.